The number of nitriles is 1. The minimum absolute atomic E-state index is 0.104. The molecule has 1 nitrogen and oxygen atoms in total. The molecule has 0 aliphatic heterocycles. The Bertz CT molecular complexity index is 1330. The molecule has 0 atom stereocenters. The third-order valence-electron chi connectivity index (χ3n) is 9.61. The summed E-state index contributed by atoms with van der Waals surface area (Å²) in [5.74, 6) is 2.05. The Labute approximate surface area is 373 Å². The van der Waals surface area contributed by atoms with Crippen LogP contribution >= 0.6 is 0 Å². The molecule has 0 spiro atoms. The predicted molar refractivity (Wildman–Crippen MR) is 276 cm³/mol. The van der Waals surface area contributed by atoms with Crippen molar-refractivity contribution in [2.24, 2.45) is 28.5 Å². The van der Waals surface area contributed by atoms with Crippen molar-refractivity contribution in [1.29, 1.82) is 5.26 Å². The molecule has 2 aromatic rings. The molecule has 0 saturated heterocycles. The minimum atomic E-state index is -0.859. The number of rotatable bonds is 3. The number of nitrogens with zero attached hydrogens (tertiary/aromatic N) is 1. The zero-order valence-electron chi connectivity index (χ0n) is 47.8. The van der Waals surface area contributed by atoms with Crippen LogP contribution in [0.2, 0.25) is 24.7 Å². The smallest absolute Gasteiger partial charge is 0.0680 e. The molecule has 0 unspecified atom stereocenters. The van der Waals surface area contributed by atoms with Gasteiger partial charge in [-0.15, -0.1) is 0 Å². The normalized spacial score (nSPS) is 12.9. The molecule has 58 heavy (non-hydrogen) atoms. The fraction of sp³-hybridized carbons (Fsp3) is 0.768. The van der Waals surface area contributed by atoms with Gasteiger partial charge in [-0.3, -0.25) is 0 Å². The van der Waals surface area contributed by atoms with E-state index >= 15 is 0 Å². The summed E-state index contributed by atoms with van der Waals surface area (Å²) in [5, 5.41) is 8.73. The Kier molecular flexibility index (Phi) is 29.8. The van der Waals surface area contributed by atoms with Crippen LogP contribution in [0.5, 0.6) is 0 Å². The van der Waals surface area contributed by atoms with Gasteiger partial charge >= 0.3 is 0 Å². The van der Waals surface area contributed by atoms with Crippen LogP contribution in [0.3, 0.4) is 0 Å². The largest absolute Gasteiger partial charge is 0.198 e. The average molecular weight is 827 g/mol. The van der Waals surface area contributed by atoms with Crippen LogP contribution in [-0.2, 0) is 10.8 Å². The van der Waals surface area contributed by atoms with Crippen molar-refractivity contribution in [2.75, 3.05) is 0 Å². The summed E-state index contributed by atoms with van der Waals surface area (Å²) in [7, 11) is -0.859. The van der Waals surface area contributed by atoms with Crippen molar-refractivity contribution in [3.8, 4) is 6.07 Å². The Hall–Kier alpha value is -1.85. The Morgan fingerprint density at radius 3 is 0.914 bits per heavy atom. The lowest BCUT2D eigenvalue weighted by molar-refractivity contribution is 0.283. The number of benzene rings is 2. The summed E-state index contributed by atoms with van der Waals surface area (Å²) >= 11 is 0. The molecule has 2 rings (SSSR count). The molecular formula is C56H109NSi. The maximum absolute atomic E-state index is 8.15. The van der Waals surface area contributed by atoms with Gasteiger partial charge in [0.1, 0.15) is 0 Å². The first-order valence-electron chi connectivity index (χ1n) is 23.6. The van der Waals surface area contributed by atoms with Gasteiger partial charge in [0, 0.05) is 16.2 Å². The van der Waals surface area contributed by atoms with E-state index in [1.54, 1.807) is 16.7 Å². The van der Waals surface area contributed by atoms with E-state index in [0.29, 0.717) is 28.2 Å². The summed E-state index contributed by atoms with van der Waals surface area (Å²) in [6, 6.07) is 17.5. The fourth-order valence-corrected chi connectivity index (χ4v) is 3.76. The van der Waals surface area contributed by atoms with Crippen LogP contribution in [0.4, 0.5) is 0 Å². The van der Waals surface area contributed by atoms with Gasteiger partial charge in [0.2, 0.25) is 0 Å². The van der Waals surface area contributed by atoms with Crippen LogP contribution in [0, 0.1) is 39.9 Å². The van der Waals surface area contributed by atoms with Gasteiger partial charge < -0.3 is 0 Å². The Balaban J connectivity index is -0.000000211. The highest BCUT2D eigenvalue weighted by atomic mass is 28.3. The molecule has 2 heteroatoms. The zero-order chi connectivity index (χ0) is 49.9. The third kappa shape index (κ3) is 37.2. The topological polar surface area (TPSA) is 23.8 Å². The van der Waals surface area contributed by atoms with Gasteiger partial charge in [0.05, 0.1) is 6.07 Å². The van der Waals surface area contributed by atoms with Crippen LogP contribution in [-0.4, -0.2) is 8.07 Å². The number of hydrogen-bond acceptors (Lipinski definition) is 1. The summed E-state index contributed by atoms with van der Waals surface area (Å²) in [6.45, 7) is 69.6. The number of hydrogen-bond donors (Lipinski definition) is 0. The van der Waals surface area contributed by atoms with E-state index in [0.717, 1.165) is 5.92 Å². The second-order valence-electron chi connectivity index (χ2n) is 24.7. The average Bonchev–Trinajstić information content (AvgIpc) is 2.97. The van der Waals surface area contributed by atoms with Crippen molar-refractivity contribution in [2.45, 2.75) is 254 Å². The summed E-state index contributed by atoms with van der Waals surface area (Å²) in [4.78, 5) is 0. The molecule has 0 saturated carbocycles. The van der Waals surface area contributed by atoms with Crippen LogP contribution in [0.15, 0.2) is 42.5 Å². The summed E-state index contributed by atoms with van der Waals surface area (Å²) in [6.07, 6.45) is 0. The molecular weight excluding hydrogens is 715 g/mol. The van der Waals surface area contributed by atoms with E-state index in [1.807, 2.05) is 55.4 Å². The molecule has 2 aromatic carbocycles. The van der Waals surface area contributed by atoms with Gasteiger partial charge in [0.25, 0.3) is 0 Å². The van der Waals surface area contributed by atoms with Crippen molar-refractivity contribution in [3.05, 3.63) is 70.3 Å². The van der Waals surface area contributed by atoms with Crippen molar-refractivity contribution < 1.29 is 2.74 Å². The molecule has 0 N–H and O–H groups in total. The van der Waals surface area contributed by atoms with Gasteiger partial charge in [-0.05, 0) is 105 Å². The lowest BCUT2D eigenvalue weighted by Gasteiger charge is -2.32. The highest BCUT2D eigenvalue weighted by molar-refractivity contribution is 6.78. The molecule has 0 fully saturated rings. The van der Waals surface area contributed by atoms with E-state index in [4.69, 9.17) is 8.00 Å². The first-order valence-corrected chi connectivity index (χ1v) is 26.1. The second kappa shape index (κ2) is 28.6. The Morgan fingerprint density at radius 2 is 0.793 bits per heavy atom. The maximum Gasteiger partial charge on any atom is 0.0680 e. The Morgan fingerprint density at radius 1 is 0.534 bits per heavy atom. The standard InChI is InChI=1S/C19H32.C10H14.C7H18Si.C7H16.C5H9N.2C4H10/c1-12(2)15-10-16(13(3)4)18(19(7,8)9)17(11-15)14(5)6;1-10(2,3)9-7-5-4-6-8-9;1-7(2,3)8(4,5)6;1-6(2)7(3,4)5;1-5(2,3)4-6;2*1-4(2)3/h10-14H,1-9H3;4-8H,1-3H3;1-6H3;6H,1-5H3;1-3H3;2*4H,1-3H3/i;;;6D;;4D;. The molecule has 0 aromatic heterocycles. The SMILES string of the molecule is CC(C)(C)C#N.CC(C)(C)[Si](C)(C)C.CC(C)(C)c1ccccc1.CC(C)C.CC(C)c1cc(C(C)C)c(C(C)(C)C)c(C(C)C)c1.[2H]C(C)(C)C.[2H]C(C)(C)C(C)(C)C. The van der Waals surface area contributed by atoms with Gasteiger partial charge in [-0.1, -0.05) is 242 Å². The monoisotopic (exact) mass is 826 g/mol. The zero-order valence-corrected chi connectivity index (χ0v) is 46.8. The highest BCUT2D eigenvalue weighted by Gasteiger charge is 2.29. The fourth-order valence-electron chi connectivity index (χ4n) is 3.76. The van der Waals surface area contributed by atoms with Crippen molar-refractivity contribution in [1.82, 2.24) is 0 Å². The molecule has 0 aliphatic rings. The first kappa shape index (κ1) is 60.5. The summed E-state index contributed by atoms with van der Waals surface area (Å²) < 4.78 is 14.5. The van der Waals surface area contributed by atoms with E-state index in [9.17, 15) is 0 Å². The van der Waals surface area contributed by atoms with Gasteiger partial charge in [-0.2, -0.15) is 5.26 Å². The minimum Gasteiger partial charge on any atom is -0.198 e. The van der Waals surface area contributed by atoms with E-state index in [2.05, 4.69) is 214 Å². The third-order valence-corrected chi connectivity index (χ3v) is 14.1. The van der Waals surface area contributed by atoms with Gasteiger partial charge in [0.15, 0.2) is 0 Å². The van der Waals surface area contributed by atoms with Crippen molar-refractivity contribution in [3.63, 3.8) is 0 Å². The van der Waals surface area contributed by atoms with E-state index in [1.165, 1.54) is 11.1 Å². The molecule has 0 heterocycles. The quantitative estimate of drug-likeness (QED) is 0.283. The van der Waals surface area contributed by atoms with Crippen LogP contribution in [0.1, 0.15) is 249 Å². The summed E-state index contributed by atoms with van der Waals surface area (Å²) in [5.41, 5.74) is 8.00. The predicted octanol–water partition coefficient (Wildman–Crippen LogP) is 20.0. The lowest BCUT2D eigenvalue weighted by atomic mass is 9.74. The molecule has 0 aliphatic carbocycles. The highest BCUT2D eigenvalue weighted by Crippen LogP contribution is 2.39. The molecule has 0 amide bonds. The lowest BCUT2D eigenvalue weighted by Crippen LogP contribution is -2.32. The molecule has 0 radical (unpaired) electrons. The van der Waals surface area contributed by atoms with Crippen LogP contribution in [0.25, 0.3) is 0 Å². The second-order valence-corrected chi connectivity index (χ2v) is 30.7. The molecule has 0 bridgehead atoms. The van der Waals surface area contributed by atoms with E-state index < -0.39 is 8.07 Å². The molecule has 342 valence electrons. The van der Waals surface area contributed by atoms with Crippen molar-refractivity contribution >= 4 is 8.07 Å². The first-order chi connectivity index (χ1) is 26.0. The van der Waals surface area contributed by atoms with Gasteiger partial charge in [-0.25, -0.2) is 0 Å². The van der Waals surface area contributed by atoms with Crippen LogP contribution < -0.4 is 0 Å². The maximum atomic E-state index is 8.15. The van der Waals surface area contributed by atoms with E-state index in [-0.39, 0.29) is 28.0 Å².